The van der Waals surface area contributed by atoms with E-state index < -0.39 is 0 Å². The molecule has 38 heavy (non-hydrogen) atoms. The highest BCUT2D eigenvalue weighted by atomic mass is 16.6. The van der Waals surface area contributed by atoms with Crippen LogP contribution in [0.1, 0.15) is 19.8 Å². The lowest BCUT2D eigenvalue weighted by Gasteiger charge is -2.13. The molecule has 0 bridgehead atoms. The number of rotatable bonds is 11. The van der Waals surface area contributed by atoms with Gasteiger partial charge in [0.1, 0.15) is 24.3 Å². The predicted octanol–water partition coefficient (Wildman–Crippen LogP) is 5.88. The van der Waals surface area contributed by atoms with Gasteiger partial charge in [0.05, 0.1) is 23.8 Å². The zero-order valence-corrected chi connectivity index (χ0v) is 21.4. The van der Waals surface area contributed by atoms with E-state index in [1.165, 1.54) is 0 Å². The van der Waals surface area contributed by atoms with Crippen LogP contribution in [0.25, 0.3) is 33.2 Å². The highest BCUT2D eigenvalue weighted by Crippen LogP contribution is 2.33. The summed E-state index contributed by atoms with van der Waals surface area (Å²) in [6, 6.07) is 20.0. The Morgan fingerprint density at radius 3 is 2.84 bits per heavy atom. The topological polar surface area (TPSA) is 110 Å². The van der Waals surface area contributed by atoms with Crippen LogP contribution in [0, 0.1) is 0 Å². The average Bonchev–Trinajstić information content (AvgIpc) is 3.48. The number of hydrogen-bond donors (Lipinski definition) is 3. The number of nitrogens with zero attached hydrogens (tertiary/aromatic N) is 3. The van der Waals surface area contributed by atoms with E-state index in [9.17, 15) is 0 Å². The van der Waals surface area contributed by atoms with E-state index in [0.717, 1.165) is 57.3 Å². The molecule has 9 nitrogen and oxygen atoms in total. The van der Waals surface area contributed by atoms with E-state index in [1.807, 2.05) is 54.6 Å². The lowest BCUT2D eigenvalue weighted by Crippen LogP contribution is -2.07. The van der Waals surface area contributed by atoms with Crippen molar-refractivity contribution in [3.8, 4) is 17.1 Å². The Morgan fingerprint density at radius 2 is 1.95 bits per heavy atom. The fourth-order valence-electron chi connectivity index (χ4n) is 4.51. The van der Waals surface area contributed by atoms with Crippen molar-refractivity contribution in [2.24, 2.45) is 0 Å². The summed E-state index contributed by atoms with van der Waals surface area (Å²) < 4.78 is 16.7. The minimum Gasteiger partial charge on any atom is -0.491 e. The second-order valence-corrected chi connectivity index (χ2v) is 9.32. The lowest BCUT2D eigenvalue weighted by molar-refractivity contribution is 0.146. The fraction of sp³-hybridized carbons (Fsp3) is 0.276. The van der Waals surface area contributed by atoms with Gasteiger partial charge >= 0.3 is 0 Å². The summed E-state index contributed by atoms with van der Waals surface area (Å²) in [5.41, 5.74) is 4.55. The van der Waals surface area contributed by atoms with Crippen molar-refractivity contribution >= 4 is 39.0 Å². The molecule has 0 radical (unpaired) electrons. The third-order valence-electron chi connectivity index (χ3n) is 6.51. The van der Waals surface area contributed by atoms with Crippen LogP contribution in [0.2, 0.25) is 0 Å². The molecule has 0 amide bonds. The van der Waals surface area contributed by atoms with Crippen molar-refractivity contribution in [1.29, 1.82) is 0 Å². The minimum atomic E-state index is 0.0598. The Bertz CT molecular complexity index is 1570. The normalized spacial score (nSPS) is 16.6. The van der Waals surface area contributed by atoms with Crippen molar-refractivity contribution < 1.29 is 14.2 Å². The van der Waals surface area contributed by atoms with E-state index >= 15 is 0 Å². The van der Waals surface area contributed by atoms with Crippen LogP contribution in [0.15, 0.2) is 66.9 Å². The van der Waals surface area contributed by atoms with Crippen LogP contribution < -0.4 is 15.4 Å². The van der Waals surface area contributed by atoms with Gasteiger partial charge < -0.3 is 24.8 Å². The molecule has 6 rings (SSSR count). The largest absolute Gasteiger partial charge is 0.491 e. The lowest BCUT2D eigenvalue weighted by atomic mass is 10.1. The number of hydrogen-bond acceptors (Lipinski definition) is 8. The summed E-state index contributed by atoms with van der Waals surface area (Å²) in [6.07, 6.45) is 4.30. The summed E-state index contributed by atoms with van der Waals surface area (Å²) in [5, 5.41) is 16.0. The minimum absolute atomic E-state index is 0.0598. The molecule has 1 saturated heterocycles. The van der Waals surface area contributed by atoms with E-state index in [1.54, 1.807) is 13.3 Å². The number of ether oxygens (including phenoxy) is 3. The molecule has 2 atom stereocenters. The third kappa shape index (κ3) is 5.25. The van der Waals surface area contributed by atoms with Gasteiger partial charge in [0.25, 0.3) is 0 Å². The average molecular weight is 511 g/mol. The molecular weight excluding hydrogens is 480 g/mol. The van der Waals surface area contributed by atoms with Gasteiger partial charge in [-0.2, -0.15) is 5.10 Å². The second kappa shape index (κ2) is 10.6. The molecule has 0 aliphatic carbocycles. The molecule has 0 saturated carbocycles. The maximum absolute atomic E-state index is 5.86. The first kappa shape index (κ1) is 24.1. The van der Waals surface area contributed by atoms with Crippen molar-refractivity contribution in [2.75, 3.05) is 31.0 Å². The zero-order valence-electron chi connectivity index (χ0n) is 21.4. The van der Waals surface area contributed by atoms with Gasteiger partial charge in [-0.25, -0.2) is 9.97 Å². The first-order valence-electron chi connectivity index (χ1n) is 12.9. The quantitative estimate of drug-likeness (QED) is 0.149. The molecule has 3 N–H and O–H groups in total. The highest BCUT2D eigenvalue weighted by Gasteiger charge is 2.37. The molecule has 0 spiro atoms. The number of anilines is 3. The van der Waals surface area contributed by atoms with Crippen LogP contribution in [0.4, 0.5) is 17.2 Å². The van der Waals surface area contributed by atoms with E-state index in [-0.39, 0.29) is 12.3 Å². The van der Waals surface area contributed by atoms with Crippen LogP contribution in [0.5, 0.6) is 5.75 Å². The van der Waals surface area contributed by atoms with E-state index in [0.29, 0.717) is 24.9 Å². The van der Waals surface area contributed by atoms with Gasteiger partial charge in [-0.15, -0.1) is 0 Å². The summed E-state index contributed by atoms with van der Waals surface area (Å²) >= 11 is 0. The molecule has 194 valence electrons. The van der Waals surface area contributed by atoms with Gasteiger partial charge in [0, 0.05) is 40.9 Å². The van der Waals surface area contributed by atoms with E-state index in [2.05, 4.69) is 33.8 Å². The van der Waals surface area contributed by atoms with Gasteiger partial charge in [-0.3, -0.25) is 5.10 Å². The first-order valence-corrected chi connectivity index (χ1v) is 12.9. The third-order valence-corrected chi connectivity index (χ3v) is 6.51. The van der Waals surface area contributed by atoms with Crippen LogP contribution >= 0.6 is 0 Å². The van der Waals surface area contributed by atoms with Gasteiger partial charge in [-0.05, 0) is 48.9 Å². The number of aromatic amines is 1. The maximum Gasteiger partial charge on any atom is 0.162 e. The SMILES string of the molecule is CCCC1OC1Nc1cccc(-c2nc(Nc3ccc4[nH]ncc4c3)c3ccc(OCCOC)cc3n2)c1. The van der Waals surface area contributed by atoms with Crippen molar-refractivity contribution in [1.82, 2.24) is 20.2 Å². The summed E-state index contributed by atoms with van der Waals surface area (Å²) in [4.78, 5) is 9.88. The van der Waals surface area contributed by atoms with Crippen LogP contribution in [0.3, 0.4) is 0 Å². The fourth-order valence-corrected chi connectivity index (χ4v) is 4.51. The standard InChI is InChI=1S/C29H30N6O3/c1-3-5-26-29(38-26)32-20-7-4-6-18(14-20)27-33-25-16-22(37-13-12-36-2)9-10-23(25)28(34-27)31-21-8-11-24-19(15-21)17-30-35-24/h4,6-11,14-17,26,29,32H,3,5,12-13H2,1-2H3,(H,30,35)(H,31,33,34). The molecule has 2 unspecified atom stereocenters. The Kier molecular flexibility index (Phi) is 6.76. The van der Waals surface area contributed by atoms with Gasteiger partial charge in [0.2, 0.25) is 0 Å². The number of benzene rings is 3. The molecular formula is C29H30N6O3. The van der Waals surface area contributed by atoms with Crippen molar-refractivity contribution in [3.63, 3.8) is 0 Å². The molecule has 1 aliphatic heterocycles. The first-order chi connectivity index (χ1) is 18.7. The monoisotopic (exact) mass is 510 g/mol. The smallest absolute Gasteiger partial charge is 0.162 e. The number of nitrogens with one attached hydrogen (secondary N) is 3. The summed E-state index contributed by atoms with van der Waals surface area (Å²) in [5.74, 6) is 2.06. The van der Waals surface area contributed by atoms with Crippen LogP contribution in [-0.4, -0.2) is 52.8 Å². The molecule has 1 fully saturated rings. The molecule has 9 heteroatoms. The number of H-pyrrole nitrogens is 1. The zero-order chi connectivity index (χ0) is 25.9. The summed E-state index contributed by atoms with van der Waals surface area (Å²) in [6.45, 7) is 3.15. The number of methoxy groups -OCH3 is 1. The highest BCUT2D eigenvalue weighted by molar-refractivity contribution is 5.94. The number of aromatic nitrogens is 4. The van der Waals surface area contributed by atoms with E-state index in [4.69, 9.17) is 24.2 Å². The number of fused-ring (bicyclic) bond motifs is 2. The Balaban J connectivity index is 1.36. The summed E-state index contributed by atoms with van der Waals surface area (Å²) in [7, 11) is 1.66. The Labute approximate surface area is 220 Å². The second-order valence-electron chi connectivity index (χ2n) is 9.32. The molecule has 3 aromatic carbocycles. The predicted molar refractivity (Wildman–Crippen MR) is 149 cm³/mol. The Hall–Kier alpha value is -4.21. The van der Waals surface area contributed by atoms with Crippen LogP contribution in [-0.2, 0) is 9.47 Å². The molecule has 2 aromatic heterocycles. The molecule has 3 heterocycles. The van der Waals surface area contributed by atoms with Crippen molar-refractivity contribution in [2.45, 2.75) is 32.1 Å². The number of epoxide rings is 1. The van der Waals surface area contributed by atoms with Gasteiger partial charge in [-0.1, -0.05) is 25.5 Å². The van der Waals surface area contributed by atoms with Crippen molar-refractivity contribution in [3.05, 3.63) is 66.9 Å². The molecule has 5 aromatic rings. The molecule has 1 aliphatic rings. The Morgan fingerprint density at radius 1 is 1.00 bits per heavy atom. The van der Waals surface area contributed by atoms with Gasteiger partial charge in [0.15, 0.2) is 12.1 Å². The maximum atomic E-state index is 5.86.